The van der Waals surface area contributed by atoms with Crippen molar-refractivity contribution in [3.05, 3.63) is 47.6 Å². The summed E-state index contributed by atoms with van der Waals surface area (Å²) in [6.07, 6.45) is 3.97. The van der Waals surface area contributed by atoms with Gasteiger partial charge in [0.25, 0.3) is 0 Å². The fourth-order valence-electron chi connectivity index (χ4n) is 2.65. The number of thiazole rings is 1. The summed E-state index contributed by atoms with van der Waals surface area (Å²) in [6, 6.07) is 8.02. The summed E-state index contributed by atoms with van der Waals surface area (Å²) in [7, 11) is 0. The molecule has 0 amide bonds. The van der Waals surface area contributed by atoms with Crippen molar-refractivity contribution in [2.45, 2.75) is 45.9 Å². The van der Waals surface area contributed by atoms with E-state index in [-0.39, 0.29) is 16.6 Å². The third-order valence-electron chi connectivity index (χ3n) is 4.24. The molecule has 1 aromatic heterocycles. The number of benzene rings is 1. The zero-order valence-corrected chi connectivity index (χ0v) is 17.7. The van der Waals surface area contributed by atoms with Crippen molar-refractivity contribution in [1.82, 2.24) is 4.98 Å². The smallest absolute Gasteiger partial charge is 0.208 e. The number of aromatic nitrogens is 1. The Balaban J connectivity index is 1.96. The van der Waals surface area contributed by atoms with E-state index in [9.17, 15) is 4.79 Å². The SMILES string of the molecule is CC(C)(C)C1=CC(=NSc2nc3ccccc3s2)C(=O)C(C(C)(C)C)=C1. The Hall–Kier alpha value is -1.72. The second-order valence-electron chi connectivity index (χ2n) is 8.50. The van der Waals surface area contributed by atoms with Gasteiger partial charge < -0.3 is 0 Å². The summed E-state index contributed by atoms with van der Waals surface area (Å²) in [5, 5.41) is 0. The molecule has 0 aliphatic heterocycles. The predicted molar refractivity (Wildman–Crippen MR) is 113 cm³/mol. The first kappa shape index (κ1) is 19.1. The standard InChI is InChI=1S/C21H24N2OS2/c1-20(2,3)13-11-14(21(4,5)6)18(24)16(12-13)23-26-19-22-15-9-7-8-10-17(15)25-19/h7-12H,1-6H3. The van der Waals surface area contributed by atoms with Crippen LogP contribution in [0.4, 0.5) is 0 Å². The van der Waals surface area contributed by atoms with Crippen molar-refractivity contribution in [2.24, 2.45) is 15.2 Å². The van der Waals surface area contributed by atoms with Gasteiger partial charge in [0.15, 0.2) is 4.34 Å². The highest BCUT2D eigenvalue weighted by atomic mass is 32.2. The van der Waals surface area contributed by atoms with E-state index in [1.807, 2.05) is 36.4 Å². The predicted octanol–water partition coefficient (Wildman–Crippen LogP) is 6.27. The van der Waals surface area contributed by atoms with Gasteiger partial charge >= 0.3 is 0 Å². The van der Waals surface area contributed by atoms with Crippen molar-refractivity contribution in [1.29, 1.82) is 0 Å². The van der Waals surface area contributed by atoms with E-state index in [0.717, 1.165) is 25.7 Å². The van der Waals surface area contributed by atoms with E-state index in [1.54, 1.807) is 11.3 Å². The number of rotatable bonds is 2. The first-order valence-electron chi connectivity index (χ1n) is 8.65. The maximum atomic E-state index is 13.0. The Morgan fingerprint density at radius 1 is 1.00 bits per heavy atom. The lowest BCUT2D eigenvalue weighted by molar-refractivity contribution is -0.110. The molecule has 1 aromatic carbocycles. The van der Waals surface area contributed by atoms with Crippen molar-refractivity contribution < 1.29 is 4.79 Å². The van der Waals surface area contributed by atoms with Crippen LogP contribution in [-0.2, 0) is 4.79 Å². The molecule has 0 saturated carbocycles. The molecule has 136 valence electrons. The summed E-state index contributed by atoms with van der Waals surface area (Å²) in [5.74, 6) is 0.0131. The van der Waals surface area contributed by atoms with E-state index in [2.05, 4.69) is 50.9 Å². The van der Waals surface area contributed by atoms with Crippen LogP contribution in [0, 0.1) is 10.8 Å². The molecule has 0 N–H and O–H groups in total. The van der Waals surface area contributed by atoms with Gasteiger partial charge in [-0.3, -0.25) is 4.79 Å². The summed E-state index contributed by atoms with van der Waals surface area (Å²) in [4.78, 5) is 17.5. The molecule has 0 atom stereocenters. The number of nitrogens with zero attached hydrogens (tertiary/aromatic N) is 2. The average molecular weight is 385 g/mol. The Morgan fingerprint density at radius 3 is 2.31 bits per heavy atom. The van der Waals surface area contributed by atoms with Crippen LogP contribution in [0.1, 0.15) is 41.5 Å². The first-order valence-corrected chi connectivity index (χ1v) is 10.2. The lowest BCUT2D eigenvalue weighted by Crippen LogP contribution is -2.28. The highest BCUT2D eigenvalue weighted by molar-refractivity contribution is 8.00. The number of allylic oxidation sites excluding steroid dienone is 4. The maximum Gasteiger partial charge on any atom is 0.208 e. The highest BCUT2D eigenvalue weighted by Gasteiger charge is 2.32. The molecule has 5 heteroatoms. The fourth-order valence-corrected chi connectivity index (χ4v) is 4.33. The summed E-state index contributed by atoms with van der Waals surface area (Å²) in [6.45, 7) is 12.7. The third-order valence-corrected chi connectivity index (χ3v) is 6.08. The molecule has 1 aliphatic carbocycles. The lowest BCUT2D eigenvalue weighted by atomic mass is 9.74. The van der Waals surface area contributed by atoms with Gasteiger partial charge in [0.2, 0.25) is 5.78 Å². The Kier molecular flexibility index (Phi) is 4.97. The minimum atomic E-state index is -0.219. The van der Waals surface area contributed by atoms with Crippen LogP contribution in [-0.4, -0.2) is 16.5 Å². The molecule has 1 aliphatic rings. The van der Waals surface area contributed by atoms with E-state index in [4.69, 9.17) is 0 Å². The van der Waals surface area contributed by atoms with E-state index in [1.165, 1.54) is 11.9 Å². The fraction of sp³-hybridized carbons (Fsp3) is 0.381. The molecule has 0 spiro atoms. The third kappa shape index (κ3) is 3.99. The number of carbonyl (C=O) groups is 1. The molecule has 3 nitrogen and oxygen atoms in total. The normalized spacial score (nSPS) is 17.6. The van der Waals surface area contributed by atoms with Gasteiger partial charge in [0, 0.05) is 17.5 Å². The Labute approximate surface area is 163 Å². The van der Waals surface area contributed by atoms with Crippen molar-refractivity contribution >= 4 is 45.0 Å². The summed E-state index contributed by atoms with van der Waals surface area (Å²) in [5.41, 5.74) is 3.16. The average Bonchev–Trinajstić information content (AvgIpc) is 2.94. The van der Waals surface area contributed by atoms with E-state index >= 15 is 0 Å². The molecular weight excluding hydrogens is 360 g/mol. The van der Waals surface area contributed by atoms with Crippen LogP contribution in [0.3, 0.4) is 0 Å². The van der Waals surface area contributed by atoms with Gasteiger partial charge in [-0.15, -0.1) is 11.3 Å². The number of hydrogen-bond acceptors (Lipinski definition) is 5. The Bertz CT molecular complexity index is 917. The molecular formula is C21H24N2OS2. The molecule has 1 heterocycles. The zero-order chi connectivity index (χ0) is 19.1. The first-order chi connectivity index (χ1) is 12.1. The van der Waals surface area contributed by atoms with Crippen LogP contribution < -0.4 is 0 Å². The monoisotopic (exact) mass is 384 g/mol. The molecule has 2 aromatic rings. The van der Waals surface area contributed by atoms with Crippen LogP contribution >= 0.6 is 23.3 Å². The molecule has 3 rings (SSSR count). The Morgan fingerprint density at radius 2 is 1.69 bits per heavy atom. The highest BCUT2D eigenvalue weighted by Crippen LogP contribution is 2.37. The number of hydrogen-bond donors (Lipinski definition) is 0. The number of ketones is 1. The number of Topliss-reactive ketones (excluding diaryl/α,β-unsaturated/α-hetero) is 1. The van der Waals surface area contributed by atoms with Gasteiger partial charge in [-0.1, -0.05) is 59.8 Å². The van der Waals surface area contributed by atoms with Crippen molar-refractivity contribution in [2.75, 3.05) is 0 Å². The van der Waals surface area contributed by atoms with Crippen molar-refractivity contribution in [3.63, 3.8) is 0 Å². The van der Waals surface area contributed by atoms with E-state index in [0.29, 0.717) is 5.71 Å². The van der Waals surface area contributed by atoms with E-state index < -0.39 is 0 Å². The summed E-state index contributed by atoms with van der Waals surface area (Å²) < 4.78 is 6.55. The second-order valence-corrected chi connectivity index (χ2v) is 10.5. The number of fused-ring (bicyclic) bond motifs is 1. The van der Waals surface area contributed by atoms with Crippen molar-refractivity contribution in [3.8, 4) is 0 Å². The van der Waals surface area contributed by atoms with Gasteiger partial charge in [0.05, 0.1) is 10.2 Å². The minimum absolute atomic E-state index is 0.0131. The van der Waals surface area contributed by atoms with Crippen LogP contribution in [0.25, 0.3) is 10.2 Å². The largest absolute Gasteiger partial charge is 0.287 e. The minimum Gasteiger partial charge on any atom is -0.287 e. The molecule has 26 heavy (non-hydrogen) atoms. The topological polar surface area (TPSA) is 42.3 Å². The van der Waals surface area contributed by atoms with Crippen LogP contribution in [0.15, 0.2) is 56.3 Å². The van der Waals surface area contributed by atoms with Gasteiger partial charge in [-0.05, 0) is 34.6 Å². The van der Waals surface area contributed by atoms with Gasteiger partial charge in [-0.25, -0.2) is 9.38 Å². The van der Waals surface area contributed by atoms with Crippen LogP contribution in [0.2, 0.25) is 0 Å². The number of para-hydroxylation sites is 1. The number of carbonyl (C=O) groups excluding carboxylic acids is 1. The molecule has 0 radical (unpaired) electrons. The zero-order valence-electron chi connectivity index (χ0n) is 16.1. The molecule has 0 fully saturated rings. The van der Waals surface area contributed by atoms with Crippen LogP contribution in [0.5, 0.6) is 0 Å². The maximum absolute atomic E-state index is 13.0. The molecule has 0 bridgehead atoms. The molecule has 0 unspecified atom stereocenters. The lowest BCUT2D eigenvalue weighted by Gasteiger charge is -2.29. The summed E-state index contributed by atoms with van der Waals surface area (Å²) >= 11 is 2.88. The second kappa shape index (κ2) is 6.78. The van der Waals surface area contributed by atoms with Gasteiger partial charge in [0.1, 0.15) is 5.71 Å². The van der Waals surface area contributed by atoms with Gasteiger partial charge in [-0.2, -0.15) is 0 Å². The molecule has 0 saturated heterocycles. The quantitative estimate of drug-likeness (QED) is 0.452.